The van der Waals surface area contributed by atoms with E-state index in [1.807, 2.05) is 91.0 Å². The number of benzene rings is 4. The molecule has 5 aromatic rings. The number of H-pyrrole nitrogens is 1. The quantitative estimate of drug-likeness (QED) is 0.153. The molecule has 0 saturated heterocycles. The smallest absolute Gasteiger partial charge is 0.255 e. The lowest BCUT2D eigenvalue weighted by molar-refractivity contribution is 0.101. The van der Waals surface area contributed by atoms with E-state index in [0.29, 0.717) is 28.3 Å². The average molecular weight is 575 g/mol. The van der Waals surface area contributed by atoms with Crippen molar-refractivity contribution in [2.24, 2.45) is 0 Å². The topological polar surface area (TPSA) is 93.4 Å². The van der Waals surface area contributed by atoms with Crippen molar-refractivity contribution in [3.05, 3.63) is 102 Å². The Labute approximate surface area is 252 Å². The molecular formula is C35H38N6O2. The van der Waals surface area contributed by atoms with Gasteiger partial charge in [0.15, 0.2) is 0 Å². The Kier molecular flexibility index (Phi) is 9.05. The molecule has 3 N–H and O–H groups in total. The van der Waals surface area contributed by atoms with E-state index >= 15 is 0 Å². The zero-order valence-corrected chi connectivity index (χ0v) is 25.1. The number of aromatic nitrogens is 2. The largest absolute Gasteiger partial charge is 0.372 e. The van der Waals surface area contributed by atoms with E-state index in [0.717, 1.165) is 54.2 Å². The van der Waals surface area contributed by atoms with Gasteiger partial charge in [-0.25, -0.2) is 4.98 Å². The predicted molar refractivity (Wildman–Crippen MR) is 177 cm³/mol. The number of amides is 2. The van der Waals surface area contributed by atoms with Gasteiger partial charge in [-0.3, -0.25) is 9.59 Å². The molecule has 2 amide bonds. The molecule has 1 heterocycles. The molecule has 0 aliphatic heterocycles. The summed E-state index contributed by atoms with van der Waals surface area (Å²) in [6.07, 6.45) is 0. The minimum Gasteiger partial charge on any atom is -0.372 e. The van der Waals surface area contributed by atoms with Crippen molar-refractivity contribution in [2.75, 3.05) is 46.6 Å². The summed E-state index contributed by atoms with van der Waals surface area (Å²) < 4.78 is 0. The maximum Gasteiger partial charge on any atom is 0.255 e. The van der Waals surface area contributed by atoms with E-state index in [1.54, 1.807) is 0 Å². The molecule has 8 nitrogen and oxygen atoms in total. The van der Waals surface area contributed by atoms with Crippen LogP contribution in [0.1, 0.15) is 48.4 Å². The van der Waals surface area contributed by atoms with E-state index in [1.165, 1.54) is 0 Å². The van der Waals surface area contributed by atoms with Gasteiger partial charge in [0.25, 0.3) is 11.8 Å². The predicted octanol–water partition coefficient (Wildman–Crippen LogP) is 7.43. The van der Waals surface area contributed by atoms with Crippen LogP contribution in [0, 0.1) is 0 Å². The molecule has 8 heteroatoms. The standard InChI is InChI=1S/C35H38N6O2/c1-5-40(6-2)29-18-11-25(12-19-29)34(42)36-27-15-9-24(10-16-27)33-38-31-22-17-28(23-32(31)39-33)37-35(43)26-13-20-30(21-14-26)41(7-3)8-4/h9-23H,5-8H2,1-4H3,(H,36,42)(H,37,43)(H,38,39). The minimum atomic E-state index is -0.164. The number of hydrogen-bond acceptors (Lipinski definition) is 5. The van der Waals surface area contributed by atoms with Crippen LogP contribution >= 0.6 is 0 Å². The number of rotatable bonds is 11. The average Bonchev–Trinajstić information content (AvgIpc) is 3.47. The highest BCUT2D eigenvalue weighted by atomic mass is 16.2. The molecule has 0 radical (unpaired) electrons. The van der Waals surface area contributed by atoms with Gasteiger partial charge in [0.05, 0.1) is 11.0 Å². The molecule has 220 valence electrons. The van der Waals surface area contributed by atoms with Gasteiger partial charge < -0.3 is 25.4 Å². The maximum atomic E-state index is 12.9. The number of carbonyl (C=O) groups excluding carboxylic acids is 2. The number of carbonyl (C=O) groups is 2. The van der Waals surface area contributed by atoms with E-state index in [-0.39, 0.29) is 11.8 Å². The first-order valence-corrected chi connectivity index (χ1v) is 14.8. The van der Waals surface area contributed by atoms with Crippen LogP contribution in [-0.4, -0.2) is 48.0 Å². The van der Waals surface area contributed by atoms with Gasteiger partial charge in [0.2, 0.25) is 0 Å². The zero-order chi connectivity index (χ0) is 30.3. The van der Waals surface area contributed by atoms with Crippen molar-refractivity contribution < 1.29 is 9.59 Å². The highest BCUT2D eigenvalue weighted by molar-refractivity contribution is 6.05. The Balaban J connectivity index is 1.23. The van der Waals surface area contributed by atoms with Gasteiger partial charge in [-0.15, -0.1) is 0 Å². The first-order valence-electron chi connectivity index (χ1n) is 14.8. The Morgan fingerprint density at radius 2 is 1.09 bits per heavy atom. The first-order chi connectivity index (χ1) is 20.9. The van der Waals surface area contributed by atoms with Crippen molar-refractivity contribution in [1.82, 2.24) is 9.97 Å². The van der Waals surface area contributed by atoms with Gasteiger partial charge >= 0.3 is 0 Å². The molecule has 5 rings (SSSR count). The Morgan fingerprint density at radius 1 is 0.628 bits per heavy atom. The van der Waals surface area contributed by atoms with Gasteiger partial charge in [-0.05, 0) is 119 Å². The second kappa shape index (κ2) is 13.2. The summed E-state index contributed by atoms with van der Waals surface area (Å²) in [7, 11) is 0. The van der Waals surface area contributed by atoms with Crippen molar-refractivity contribution in [3.63, 3.8) is 0 Å². The zero-order valence-electron chi connectivity index (χ0n) is 25.1. The van der Waals surface area contributed by atoms with Crippen LogP contribution in [-0.2, 0) is 0 Å². The van der Waals surface area contributed by atoms with Crippen molar-refractivity contribution >= 4 is 45.6 Å². The molecule has 0 bridgehead atoms. The van der Waals surface area contributed by atoms with Crippen LogP contribution in [0.2, 0.25) is 0 Å². The molecule has 1 aromatic heterocycles. The molecule has 0 spiro atoms. The fraction of sp³-hybridized carbons (Fsp3) is 0.229. The third kappa shape index (κ3) is 6.70. The minimum absolute atomic E-state index is 0.156. The highest BCUT2D eigenvalue weighted by Gasteiger charge is 2.12. The monoisotopic (exact) mass is 574 g/mol. The molecule has 0 aliphatic carbocycles. The van der Waals surface area contributed by atoms with Crippen molar-refractivity contribution in [2.45, 2.75) is 27.7 Å². The summed E-state index contributed by atoms with van der Waals surface area (Å²) in [6, 6.07) is 28.5. The third-order valence-electron chi connectivity index (χ3n) is 7.67. The van der Waals surface area contributed by atoms with Gasteiger partial charge in [0.1, 0.15) is 5.82 Å². The van der Waals surface area contributed by atoms with Crippen LogP contribution in [0.3, 0.4) is 0 Å². The van der Waals surface area contributed by atoms with E-state index in [2.05, 4.69) is 53.1 Å². The van der Waals surface area contributed by atoms with Crippen LogP contribution in [0.4, 0.5) is 22.7 Å². The highest BCUT2D eigenvalue weighted by Crippen LogP contribution is 2.25. The maximum absolute atomic E-state index is 12.9. The molecular weight excluding hydrogens is 536 g/mol. The Morgan fingerprint density at radius 3 is 1.58 bits per heavy atom. The number of nitrogens with one attached hydrogen (secondary N) is 3. The van der Waals surface area contributed by atoms with Crippen molar-refractivity contribution in [3.8, 4) is 11.4 Å². The summed E-state index contributed by atoms with van der Waals surface area (Å²) in [5, 5.41) is 5.95. The molecule has 0 unspecified atom stereocenters. The van der Waals surface area contributed by atoms with E-state index < -0.39 is 0 Å². The molecule has 0 atom stereocenters. The Bertz CT molecular complexity index is 1680. The SMILES string of the molecule is CCN(CC)c1ccc(C(=O)Nc2ccc(-c3nc4ccc(NC(=O)c5ccc(N(CC)CC)cc5)cc4[nH]3)cc2)cc1. The Hall–Kier alpha value is -5.11. The lowest BCUT2D eigenvalue weighted by Crippen LogP contribution is -2.21. The van der Waals surface area contributed by atoms with E-state index in [4.69, 9.17) is 4.98 Å². The summed E-state index contributed by atoms with van der Waals surface area (Å²) in [5.74, 6) is 0.384. The summed E-state index contributed by atoms with van der Waals surface area (Å²) in [5.41, 5.74) is 7.29. The molecule has 0 saturated carbocycles. The fourth-order valence-electron chi connectivity index (χ4n) is 5.17. The van der Waals surface area contributed by atoms with Crippen LogP contribution in [0.5, 0.6) is 0 Å². The summed E-state index contributed by atoms with van der Waals surface area (Å²) in [6.45, 7) is 12.1. The summed E-state index contributed by atoms with van der Waals surface area (Å²) >= 11 is 0. The fourth-order valence-corrected chi connectivity index (χ4v) is 5.17. The molecule has 43 heavy (non-hydrogen) atoms. The number of nitrogens with zero attached hydrogens (tertiary/aromatic N) is 3. The second-order valence-electron chi connectivity index (χ2n) is 10.2. The third-order valence-corrected chi connectivity index (χ3v) is 7.67. The van der Waals surface area contributed by atoms with Gasteiger partial charge in [-0.2, -0.15) is 0 Å². The second-order valence-corrected chi connectivity index (χ2v) is 10.2. The van der Waals surface area contributed by atoms with E-state index in [9.17, 15) is 9.59 Å². The number of anilines is 4. The molecule has 4 aromatic carbocycles. The van der Waals surface area contributed by atoms with Gasteiger partial charge in [-0.1, -0.05) is 0 Å². The lowest BCUT2D eigenvalue weighted by atomic mass is 10.1. The number of imidazole rings is 1. The first kappa shape index (κ1) is 29.4. The number of fused-ring (bicyclic) bond motifs is 1. The van der Waals surface area contributed by atoms with Crippen molar-refractivity contribution in [1.29, 1.82) is 0 Å². The summed E-state index contributed by atoms with van der Waals surface area (Å²) in [4.78, 5) is 38.2. The number of aromatic amines is 1. The van der Waals surface area contributed by atoms with Crippen LogP contribution in [0.25, 0.3) is 22.4 Å². The number of hydrogen-bond donors (Lipinski definition) is 3. The lowest BCUT2D eigenvalue weighted by Gasteiger charge is -2.21. The molecule has 0 fully saturated rings. The normalized spacial score (nSPS) is 10.9. The van der Waals surface area contributed by atoms with Gasteiger partial charge in [0, 0.05) is 65.6 Å². The van der Waals surface area contributed by atoms with Crippen LogP contribution < -0.4 is 20.4 Å². The van der Waals surface area contributed by atoms with Crippen LogP contribution in [0.15, 0.2) is 91.0 Å². The molecule has 0 aliphatic rings.